The zero-order chi connectivity index (χ0) is 15.6. The number of alkyl halides is 3. The molecule has 0 aliphatic heterocycles. The number of carbonyl (C=O) groups excluding carboxylic acids is 1. The maximum atomic E-state index is 12.5. The molecule has 2 aromatic rings. The van der Waals surface area contributed by atoms with Crippen molar-refractivity contribution in [3.8, 4) is 0 Å². The third-order valence-corrected chi connectivity index (χ3v) is 4.18. The number of halogens is 3. The standard InChI is InChI=1S/C14H13F3N2OS/c1-8(11(18)9-5-3-2-4-6-9)12(20)10-7-19-13(21-10)14(15,16)17/h2-8,11H,18H2,1H3. The summed E-state index contributed by atoms with van der Waals surface area (Å²) in [5, 5.41) is -1.02. The molecule has 2 unspecified atom stereocenters. The second-order valence-corrected chi connectivity index (χ2v) is 5.65. The van der Waals surface area contributed by atoms with Crippen LogP contribution in [-0.4, -0.2) is 10.8 Å². The Morgan fingerprint density at radius 2 is 1.90 bits per heavy atom. The van der Waals surface area contributed by atoms with Gasteiger partial charge in [-0.1, -0.05) is 37.3 Å². The Hall–Kier alpha value is -1.73. The Balaban J connectivity index is 2.18. The fourth-order valence-corrected chi connectivity index (χ4v) is 2.69. The molecule has 0 spiro atoms. The van der Waals surface area contributed by atoms with Crippen molar-refractivity contribution in [1.29, 1.82) is 0 Å². The molecule has 0 bridgehead atoms. The number of hydrogen-bond donors (Lipinski definition) is 1. The van der Waals surface area contributed by atoms with Gasteiger partial charge >= 0.3 is 6.18 Å². The lowest BCUT2D eigenvalue weighted by atomic mass is 9.91. The minimum absolute atomic E-state index is 0.0267. The van der Waals surface area contributed by atoms with Gasteiger partial charge in [-0.15, -0.1) is 11.3 Å². The van der Waals surface area contributed by atoms with E-state index < -0.39 is 28.9 Å². The summed E-state index contributed by atoms with van der Waals surface area (Å²) in [6.45, 7) is 1.60. The van der Waals surface area contributed by atoms with Gasteiger partial charge in [-0.3, -0.25) is 4.79 Å². The average molecular weight is 314 g/mol. The molecule has 2 rings (SSSR count). The predicted octanol–water partition coefficient (Wildman–Crippen LogP) is 3.68. The summed E-state index contributed by atoms with van der Waals surface area (Å²) >= 11 is 0.348. The summed E-state index contributed by atoms with van der Waals surface area (Å²) in [4.78, 5) is 15.5. The monoisotopic (exact) mass is 314 g/mol. The number of ketones is 1. The van der Waals surface area contributed by atoms with E-state index in [9.17, 15) is 18.0 Å². The van der Waals surface area contributed by atoms with E-state index >= 15 is 0 Å². The number of nitrogens with two attached hydrogens (primary N) is 1. The molecule has 1 aromatic heterocycles. The minimum Gasteiger partial charge on any atom is -0.323 e. The molecule has 0 fully saturated rings. The molecule has 21 heavy (non-hydrogen) atoms. The summed E-state index contributed by atoms with van der Waals surface area (Å²) in [5.41, 5.74) is 6.77. The van der Waals surface area contributed by atoms with E-state index in [1.807, 2.05) is 6.07 Å². The number of Topliss-reactive ketones (excluding diaryl/α,β-unsaturated/α-hetero) is 1. The number of nitrogens with zero attached hydrogens (tertiary/aromatic N) is 1. The first-order valence-corrected chi connectivity index (χ1v) is 7.00. The number of hydrogen-bond acceptors (Lipinski definition) is 4. The Morgan fingerprint density at radius 1 is 1.29 bits per heavy atom. The van der Waals surface area contributed by atoms with Crippen LogP contribution in [0.3, 0.4) is 0 Å². The highest BCUT2D eigenvalue weighted by Crippen LogP contribution is 2.34. The van der Waals surface area contributed by atoms with Gasteiger partial charge in [0.15, 0.2) is 10.8 Å². The first-order valence-electron chi connectivity index (χ1n) is 6.18. The summed E-state index contributed by atoms with van der Waals surface area (Å²) in [6, 6.07) is 8.39. The highest BCUT2D eigenvalue weighted by atomic mass is 32.1. The number of benzene rings is 1. The Labute approximate surface area is 123 Å². The van der Waals surface area contributed by atoms with E-state index in [4.69, 9.17) is 5.73 Å². The molecule has 0 amide bonds. The molecule has 1 heterocycles. The van der Waals surface area contributed by atoms with Gasteiger partial charge in [-0.05, 0) is 5.56 Å². The molecule has 0 aliphatic rings. The summed E-state index contributed by atoms with van der Waals surface area (Å²) in [7, 11) is 0. The lowest BCUT2D eigenvalue weighted by Crippen LogP contribution is -2.25. The predicted molar refractivity (Wildman–Crippen MR) is 74.0 cm³/mol. The van der Waals surface area contributed by atoms with Crippen LogP contribution in [-0.2, 0) is 6.18 Å². The maximum absolute atomic E-state index is 12.5. The third kappa shape index (κ3) is 3.48. The van der Waals surface area contributed by atoms with E-state index in [2.05, 4.69) is 4.98 Å². The molecule has 0 saturated carbocycles. The van der Waals surface area contributed by atoms with Gasteiger partial charge < -0.3 is 5.73 Å². The highest BCUT2D eigenvalue weighted by molar-refractivity contribution is 7.13. The lowest BCUT2D eigenvalue weighted by Gasteiger charge is -2.18. The van der Waals surface area contributed by atoms with Crippen molar-refractivity contribution in [2.75, 3.05) is 0 Å². The Kier molecular flexibility index (Phi) is 4.43. The summed E-state index contributed by atoms with van der Waals surface area (Å²) in [5.74, 6) is -1.06. The van der Waals surface area contributed by atoms with E-state index in [0.29, 0.717) is 11.3 Å². The van der Waals surface area contributed by atoms with E-state index in [1.165, 1.54) is 0 Å². The van der Waals surface area contributed by atoms with Gasteiger partial charge in [0.05, 0.1) is 4.88 Å². The van der Waals surface area contributed by atoms with Crippen LogP contribution in [0.15, 0.2) is 36.5 Å². The van der Waals surface area contributed by atoms with E-state index in [1.54, 1.807) is 31.2 Å². The molecule has 1 aromatic carbocycles. The van der Waals surface area contributed by atoms with Crippen LogP contribution in [0.5, 0.6) is 0 Å². The van der Waals surface area contributed by atoms with Crippen LogP contribution in [0, 0.1) is 5.92 Å². The molecule has 0 saturated heterocycles. The first kappa shape index (κ1) is 15.7. The SMILES string of the molecule is CC(C(=O)c1cnc(C(F)(F)F)s1)C(N)c1ccccc1. The smallest absolute Gasteiger partial charge is 0.323 e. The molecular formula is C14H13F3N2OS. The van der Waals surface area contributed by atoms with E-state index in [-0.39, 0.29) is 4.88 Å². The topological polar surface area (TPSA) is 56.0 Å². The molecule has 2 N–H and O–H groups in total. The number of carbonyl (C=O) groups is 1. The van der Waals surface area contributed by atoms with Crippen molar-refractivity contribution >= 4 is 17.1 Å². The Morgan fingerprint density at radius 3 is 2.43 bits per heavy atom. The Bertz CT molecular complexity index is 625. The minimum atomic E-state index is -4.53. The number of aromatic nitrogens is 1. The summed E-state index contributed by atoms with van der Waals surface area (Å²) < 4.78 is 37.5. The number of rotatable bonds is 4. The second-order valence-electron chi connectivity index (χ2n) is 4.62. The van der Waals surface area contributed by atoms with Gasteiger partial charge in [-0.2, -0.15) is 13.2 Å². The molecule has 0 aliphatic carbocycles. The van der Waals surface area contributed by atoms with Crippen LogP contribution in [0.1, 0.15) is 33.2 Å². The van der Waals surface area contributed by atoms with Gasteiger partial charge in [0.1, 0.15) is 0 Å². The second kappa shape index (κ2) is 5.95. The van der Waals surface area contributed by atoms with Crippen molar-refractivity contribution in [1.82, 2.24) is 4.98 Å². The summed E-state index contributed by atoms with van der Waals surface area (Å²) in [6.07, 6.45) is -3.57. The quantitative estimate of drug-likeness (QED) is 0.876. The normalized spacial score (nSPS) is 14.7. The van der Waals surface area contributed by atoms with Crippen LogP contribution in [0.25, 0.3) is 0 Å². The maximum Gasteiger partial charge on any atom is 0.443 e. The molecule has 0 radical (unpaired) electrons. The first-order chi connectivity index (χ1) is 9.80. The zero-order valence-corrected chi connectivity index (χ0v) is 11.9. The fraction of sp³-hybridized carbons (Fsp3) is 0.286. The van der Waals surface area contributed by atoms with Crippen LogP contribution < -0.4 is 5.73 Å². The van der Waals surface area contributed by atoms with Gasteiger partial charge in [-0.25, -0.2) is 4.98 Å². The van der Waals surface area contributed by atoms with Crippen LogP contribution in [0.4, 0.5) is 13.2 Å². The zero-order valence-electron chi connectivity index (χ0n) is 11.1. The molecule has 112 valence electrons. The lowest BCUT2D eigenvalue weighted by molar-refractivity contribution is -0.137. The molecule has 7 heteroatoms. The largest absolute Gasteiger partial charge is 0.443 e. The van der Waals surface area contributed by atoms with Crippen molar-refractivity contribution in [3.05, 3.63) is 52.0 Å². The third-order valence-electron chi connectivity index (χ3n) is 3.13. The van der Waals surface area contributed by atoms with Crippen LogP contribution >= 0.6 is 11.3 Å². The molecular weight excluding hydrogens is 301 g/mol. The van der Waals surface area contributed by atoms with Crippen molar-refractivity contribution in [2.24, 2.45) is 11.7 Å². The van der Waals surface area contributed by atoms with Gasteiger partial charge in [0.25, 0.3) is 0 Å². The van der Waals surface area contributed by atoms with Crippen molar-refractivity contribution in [3.63, 3.8) is 0 Å². The van der Waals surface area contributed by atoms with E-state index in [0.717, 1.165) is 11.8 Å². The number of thiazole rings is 1. The highest BCUT2D eigenvalue weighted by Gasteiger charge is 2.36. The fourth-order valence-electron chi connectivity index (χ4n) is 1.87. The van der Waals surface area contributed by atoms with Gasteiger partial charge in [0.2, 0.25) is 0 Å². The molecule has 2 atom stereocenters. The average Bonchev–Trinajstić information content (AvgIpc) is 2.95. The van der Waals surface area contributed by atoms with Crippen molar-refractivity contribution in [2.45, 2.75) is 19.1 Å². The van der Waals surface area contributed by atoms with Gasteiger partial charge in [0, 0.05) is 18.2 Å². The molecule has 3 nitrogen and oxygen atoms in total. The van der Waals surface area contributed by atoms with Crippen molar-refractivity contribution < 1.29 is 18.0 Å². The van der Waals surface area contributed by atoms with Crippen LogP contribution in [0.2, 0.25) is 0 Å².